The van der Waals surface area contributed by atoms with Crippen molar-refractivity contribution in [2.24, 2.45) is 5.92 Å². The molecule has 5 heteroatoms. The molecule has 19 heavy (non-hydrogen) atoms. The fourth-order valence-electron chi connectivity index (χ4n) is 2.17. The third-order valence-electron chi connectivity index (χ3n) is 3.19. The Morgan fingerprint density at radius 2 is 1.95 bits per heavy atom. The van der Waals surface area contributed by atoms with E-state index in [1.165, 1.54) is 7.11 Å². The smallest absolute Gasteiger partial charge is 0.319 e. The molecule has 0 aliphatic carbocycles. The van der Waals surface area contributed by atoms with Crippen LogP contribution in [0.1, 0.15) is 18.1 Å². The van der Waals surface area contributed by atoms with E-state index in [1.807, 2.05) is 0 Å². The van der Waals surface area contributed by atoms with Gasteiger partial charge in [-0.05, 0) is 17.7 Å². The number of benzene rings is 1. The Morgan fingerprint density at radius 3 is 2.53 bits per heavy atom. The molecular formula is C14H16O5. The van der Waals surface area contributed by atoms with Gasteiger partial charge in [0, 0.05) is 6.42 Å². The highest BCUT2D eigenvalue weighted by molar-refractivity contribution is 6.00. The van der Waals surface area contributed by atoms with Crippen LogP contribution in [0.5, 0.6) is 5.75 Å². The van der Waals surface area contributed by atoms with Crippen molar-refractivity contribution in [2.75, 3.05) is 20.8 Å². The lowest BCUT2D eigenvalue weighted by Gasteiger charge is -2.29. The molecule has 0 bridgehead atoms. The van der Waals surface area contributed by atoms with Gasteiger partial charge in [-0.2, -0.15) is 0 Å². The summed E-state index contributed by atoms with van der Waals surface area (Å²) in [5.41, 5.74) is 0.768. The zero-order valence-electron chi connectivity index (χ0n) is 10.9. The summed E-state index contributed by atoms with van der Waals surface area (Å²) in [6.45, 7) is 0.322. The van der Waals surface area contributed by atoms with Crippen LogP contribution in [0, 0.1) is 5.92 Å². The first-order chi connectivity index (χ1) is 9.17. The predicted molar refractivity (Wildman–Crippen MR) is 66.8 cm³/mol. The third-order valence-corrected chi connectivity index (χ3v) is 3.19. The summed E-state index contributed by atoms with van der Waals surface area (Å²) in [4.78, 5) is 23.6. The third kappa shape index (κ3) is 2.76. The minimum Gasteiger partial charge on any atom is -0.497 e. The van der Waals surface area contributed by atoms with E-state index in [0.29, 0.717) is 12.4 Å². The number of methoxy groups -OCH3 is 2. The molecule has 0 saturated carbocycles. The molecule has 1 aromatic carbocycles. The van der Waals surface area contributed by atoms with Crippen LogP contribution in [-0.2, 0) is 19.1 Å². The van der Waals surface area contributed by atoms with Gasteiger partial charge in [0.05, 0.1) is 20.8 Å². The molecule has 0 amide bonds. The van der Waals surface area contributed by atoms with Crippen LogP contribution in [0.3, 0.4) is 0 Å². The maximum Gasteiger partial charge on any atom is 0.319 e. The van der Waals surface area contributed by atoms with E-state index >= 15 is 0 Å². The fraction of sp³-hybridized carbons (Fsp3) is 0.429. The van der Waals surface area contributed by atoms with E-state index in [4.69, 9.17) is 14.2 Å². The maximum atomic E-state index is 11.9. The molecule has 0 N–H and O–H groups in total. The molecule has 1 aliphatic heterocycles. The molecule has 0 spiro atoms. The van der Waals surface area contributed by atoms with Gasteiger partial charge < -0.3 is 14.2 Å². The second-order valence-corrected chi connectivity index (χ2v) is 4.28. The second-order valence-electron chi connectivity index (χ2n) is 4.28. The first kappa shape index (κ1) is 13.5. The maximum absolute atomic E-state index is 11.9. The quantitative estimate of drug-likeness (QED) is 0.611. The van der Waals surface area contributed by atoms with Crippen LogP contribution >= 0.6 is 0 Å². The van der Waals surface area contributed by atoms with E-state index in [1.54, 1.807) is 31.4 Å². The number of rotatable bonds is 3. The van der Waals surface area contributed by atoms with Crippen molar-refractivity contribution in [3.05, 3.63) is 29.8 Å². The monoisotopic (exact) mass is 264 g/mol. The normalized spacial score (nSPS) is 22.9. The molecule has 2 rings (SSSR count). The topological polar surface area (TPSA) is 61.8 Å². The first-order valence-corrected chi connectivity index (χ1v) is 6.03. The average molecular weight is 264 g/mol. The number of carbonyl (C=O) groups is 2. The summed E-state index contributed by atoms with van der Waals surface area (Å²) in [6, 6.07) is 7.12. The Balaban J connectivity index is 2.28. The van der Waals surface area contributed by atoms with Gasteiger partial charge in [0.2, 0.25) is 0 Å². The number of Topliss-reactive ketones (excluding diaryl/α,β-unsaturated/α-hetero) is 1. The standard InChI is InChI=1S/C14H16O5/c1-17-10-5-3-9(4-6-10)13-12(14(16)18-2)11(15)7-8-19-13/h3-6,12-13H,7-8H2,1-2H3/t12-,13+/m0/s1. The van der Waals surface area contributed by atoms with Crippen LogP contribution in [-0.4, -0.2) is 32.6 Å². The fourth-order valence-corrected chi connectivity index (χ4v) is 2.17. The van der Waals surface area contributed by atoms with Gasteiger partial charge in [-0.25, -0.2) is 0 Å². The summed E-state index contributed by atoms with van der Waals surface area (Å²) < 4.78 is 15.3. The van der Waals surface area contributed by atoms with Gasteiger partial charge >= 0.3 is 5.97 Å². The zero-order valence-corrected chi connectivity index (χ0v) is 10.9. The Bertz CT molecular complexity index is 457. The van der Waals surface area contributed by atoms with Crippen LogP contribution in [0.25, 0.3) is 0 Å². The predicted octanol–water partition coefficient (Wildman–Crippen LogP) is 1.51. The lowest BCUT2D eigenvalue weighted by atomic mass is 9.88. The summed E-state index contributed by atoms with van der Waals surface area (Å²) >= 11 is 0. The minimum atomic E-state index is -0.882. The van der Waals surface area contributed by atoms with E-state index in [0.717, 1.165) is 5.56 Å². The molecule has 0 unspecified atom stereocenters. The number of ether oxygens (including phenoxy) is 3. The SMILES string of the molecule is COC(=O)[C@H]1C(=O)CCO[C@@H]1c1ccc(OC)cc1. The molecule has 5 nitrogen and oxygen atoms in total. The largest absolute Gasteiger partial charge is 0.497 e. The highest BCUT2D eigenvalue weighted by Gasteiger charge is 2.40. The summed E-state index contributed by atoms with van der Waals surface area (Å²) in [6.07, 6.45) is -0.341. The molecule has 1 fully saturated rings. The lowest BCUT2D eigenvalue weighted by Crippen LogP contribution is -2.37. The number of ketones is 1. The number of hydrogen-bond donors (Lipinski definition) is 0. The van der Waals surface area contributed by atoms with Crippen molar-refractivity contribution in [3.63, 3.8) is 0 Å². The second kappa shape index (κ2) is 5.84. The van der Waals surface area contributed by atoms with E-state index < -0.39 is 18.0 Å². The Labute approximate surface area is 111 Å². The van der Waals surface area contributed by atoms with Gasteiger partial charge in [0.15, 0.2) is 5.78 Å². The van der Waals surface area contributed by atoms with Gasteiger partial charge in [-0.15, -0.1) is 0 Å². The number of carbonyl (C=O) groups excluding carboxylic acids is 2. The average Bonchev–Trinajstić information content (AvgIpc) is 2.46. The Kier molecular flexibility index (Phi) is 4.16. The summed E-state index contributed by atoms with van der Waals surface area (Å²) in [5, 5.41) is 0. The molecule has 1 saturated heterocycles. The van der Waals surface area contributed by atoms with Gasteiger partial charge in [-0.1, -0.05) is 12.1 Å². The molecule has 1 heterocycles. The van der Waals surface area contributed by atoms with Gasteiger partial charge in [-0.3, -0.25) is 9.59 Å². The van der Waals surface area contributed by atoms with Crippen molar-refractivity contribution in [1.82, 2.24) is 0 Å². The van der Waals surface area contributed by atoms with Crippen LogP contribution in [0.2, 0.25) is 0 Å². The van der Waals surface area contributed by atoms with Crippen molar-refractivity contribution >= 4 is 11.8 Å². The first-order valence-electron chi connectivity index (χ1n) is 6.03. The zero-order chi connectivity index (χ0) is 13.8. The molecule has 2 atom stereocenters. The minimum absolute atomic E-state index is 0.140. The molecule has 0 radical (unpaired) electrons. The number of esters is 1. The highest BCUT2D eigenvalue weighted by atomic mass is 16.5. The molecular weight excluding hydrogens is 248 g/mol. The Morgan fingerprint density at radius 1 is 1.26 bits per heavy atom. The van der Waals surface area contributed by atoms with Gasteiger partial charge in [0.25, 0.3) is 0 Å². The van der Waals surface area contributed by atoms with Crippen molar-refractivity contribution < 1.29 is 23.8 Å². The summed E-state index contributed by atoms with van der Waals surface area (Å²) in [7, 11) is 2.85. The van der Waals surface area contributed by atoms with E-state index in [9.17, 15) is 9.59 Å². The van der Waals surface area contributed by atoms with E-state index in [-0.39, 0.29) is 12.2 Å². The molecule has 0 aromatic heterocycles. The van der Waals surface area contributed by atoms with Crippen molar-refractivity contribution in [3.8, 4) is 5.75 Å². The van der Waals surface area contributed by atoms with Gasteiger partial charge in [0.1, 0.15) is 17.8 Å². The molecule has 1 aliphatic rings. The van der Waals surface area contributed by atoms with Crippen molar-refractivity contribution in [1.29, 1.82) is 0 Å². The highest BCUT2D eigenvalue weighted by Crippen LogP contribution is 2.33. The van der Waals surface area contributed by atoms with Crippen molar-refractivity contribution in [2.45, 2.75) is 12.5 Å². The summed E-state index contributed by atoms with van der Waals surface area (Å²) in [5.74, 6) is -0.864. The molecule has 102 valence electrons. The number of hydrogen-bond acceptors (Lipinski definition) is 5. The van der Waals surface area contributed by atoms with Crippen LogP contribution in [0.4, 0.5) is 0 Å². The van der Waals surface area contributed by atoms with E-state index in [2.05, 4.69) is 0 Å². The van der Waals surface area contributed by atoms with Crippen LogP contribution < -0.4 is 4.74 Å². The Hall–Kier alpha value is -1.88. The lowest BCUT2D eigenvalue weighted by molar-refractivity contribution is -0.161. The molecule has 1 aromatic rings. The van der Waals surface area contributed by atoms with Crippen LogP contribution in [0.15, 0.2) is 24.3 Å².